The van der Waals surface area contributed by atoms with Crippen LogP contribution in [-0.2, 0) is 4.74 Å². The van der Waals surface area contributed by atoms with Gasteiger partial charge in [0.05, 0.1) is 25.5 Å². The highest BCUT2D eigenvalue weighted by Gasteiger charge is 2.17. The van der Waals surface area contributed by atoms with Crippen LogP contribution < -0.4 is 4.74 Å². The average molecular weight is 278 g/mol. The Kier molecular flexibility index (Phi) is 4.02. The van der Waals surface area contributed by atoms with Crippen molar-refractivity contribution in [2.75, 3.05) is 14.2 Å². The van der Waals surface area contributed by atoms with Crippen LogP contribution in [-0.4, -0.2) is 25.2 Å². The molecule has 0 aliphatic heterocycles. The Balaban J connectivity index is 2.66. The number of hydrogen-bond acceptors (Lipinski definition) is 4. The highest BCUT2D eigenvalue weighted by Crippen LogP contribution is 2.31. The molecule has 0 saturated carbocycles. The number of methoxy groups -OCH3 is 2. The van der Waals surface area contributed by atoms with E-state index in [0.29, 0.717) is 27.7 Å². The number of aromatic nitrogens is 1. The molecule has 2 aromatic rings. The van der Waals surface area contributed by atoms with E-state index in [9.17, 15) is 4.79 Å². The number of ether oxygens (including phenoxy) is 2. The van der Waals surface area contributed by atoms with E-state index < -0.39 is 5.97 Å². The number of para-hydroxylation sites is 1. The maximum absolute atomic E-state index is 11.8. The SMILES string of the molecule is COC(=O)c1ccc(Cl)nc1-c1ccccc1OC. The standard InChI is InChI=1S/C14H12ClNO3/c1-18-11-6-4-3-5-9(11)13-10(14(17)19-2)7-8-12(15)16-13/h3-8H,1-2H3. The van der Waals surface area contributed by atoms with Gasteiger partial charge in [0.25, 0.3) is 0 Å². The minimum absolute atomic E-state index is 0.300. The van der Waals surface area contributed by atoms with Gasteiger partial charge in [-0.15, -0.1) is 0 Å². The van der Waals surface area contributed by atoms with Gasteiger partial charge in [-0.1, -0.05) is 23.7 Å². The molecular formula is C14H12ClNO3. The summed E-state index contributed by atoms with van der Waals surface area (Å²) < 4.78 is 10.0. The lowest BCUT2D eigenvalue weighted by molar-refractivity contribution is 0.0601. The van der Waals surface area contributed by atoms with Crippen molar-refractivity contribution >= 4 is 17.6 Å². The monoisotopic (exact) mass is 277 g/mol. The first kappa shape index (κ1) is 13.4. The van der Waals surface area contributed by atoms with Crippen molar-refractivity contribution < 1.29 is 14.3 Å². The Morgan fingerprint density at radius 3 is 2.58 bits per heavy atom. The summed E-state index contributed by atoms with van der Waals surface area (Å²) in [6, 6.07) is 10.4. The van der Waals surface area contributed by atoms with E-state index in [1.165, 1.54) is 7.11 Å². The molecule has 4 nitrogen and oxygen atoms in total. The van der Waals surface area contributed by atoms with Crippen molar-refractivity contribution in [1.29, 1.82) is 0 Å². The summed E-state index contributed by atoms with van der Waals surface area (Å²) in [5.74, 6) is 0.146. The largest absolute Gasteiger partial charge is 0.496 e. The van der Waals surface area contributed by atoms with Crippen LogP contribution in [0.1, 0.15) is 10.4 Å². The molecule has 0 radical (unpaired) electrons. The molecule has 0 unspecified atom stereocenters. The minimum Gasteiger partial charge on any atom is -0.496 e. The van der Waals surface area contributed by atoms with Crippen molar-refractivity contribution in [1.82, 2.24) is 4.98 Å². The second kappa shape index (κ2) is 5.71. The van der Waals surface area contributed by atoms with Crippen LogP contribution in [0.15, 0.2) is 36.4 Å². The van der Waals surface area contributed by atoms with Gasteiger partial charge in [-0.3, -0.25) is 0 Å². The maximum Gasteiger partial charge on any atom is 0.340 e. The van der Waals surface area contributed by atoms with Crippen molar-refractivity contribution in [3.8, 4) is 17.0 Å². The quantitative estimate of drug-likeness (QED) is 0.638. The third kappa shape index (κ3) is 2.69. The Morgan fingerprint density at radius 1 is 1.16 bits per heavy atom. The Labute approximate surface area is 115 Å². The third-order valence-electron chi connectivity index (χ3n) is 2.63. The van der Waals surface area contributed by atoms with Crippen LogP contribution in [0.4, 0.5) is 0 Å². The summed E-state index contributed by atoms with van der Waals surface area (Å²) in [6.07, 6.45) is 0. The molecule has 0 saturated heterocycles. The molecule has 2 rings (SSSR count). The molecule has 0 aliphatic carbocycles. The fourth-order valence-corrected chi connectivity index (χ4v) is 1.90. The molecule has 1 heterocycles. The predicted octanol–water partition coefficient (Wildman–Crippen LogP) is 3.20. The first-order valence-electron chi connectivity index (χ1n) is 5.55. The topological polar surface area (TPSA) is 48.4 Å². The highest BCUT2D eigenvalue weighted by atomic mass is 35.5. The molecule has 1 aromatic carbocycles. The molecule has 0 amide bonds. The average Bonchev–Trinajstić information content (AvgIpc) is 2.46. The summed E-state index contributed by atoms with van der Waals surface area (Å²) in [4.78, 5) is 16.0. The van der Waals surface area contributed by atoms with E-state index in [1.807, 2.05) is 18.2 Å². The lowest BCUT2D eigenvalue weighted by atomic mass is 10.0. The minimum atomic E-state index is -0.468. The molecule has 19 heavy (non-hydrogen) atoms. The summed E-state index contributed by atoms with van der Waals surface area (Å²) in [7, 11) is 2.88. The summed E-state index contributed by atoms with van der Waals surface area (Å²) in [5, 5.41) is 0.300. The van der Waals surface area contributed by atoms with Gasteiger partial charge in [0.1, 0.15) is 10.9 Å². The molecule has 0 atom stereocenters. The normalized spacial score (nSPS) is 10.1. The fourth-order valence-electron chi connectivity index (χ4n) is 1.76. The second-order valence-electron chi connectivity index (χ2n) is 3.72. The molecule has 0 fully saturated rings. The van der Waals surface area contributed by atoms with Crippen LogP contribution in [0.2, 0.25) is 5.15 Å². The van der Waals surface area contributed by atoms with Crippen molar-refractivity contribution in [2.45, 2.75) is 0 Å². The number of rotatable bonds is 3. The molecule has 0 aliphatic rings. The highest BCUT2D eigenvalue weighted by molar-refractivity contribution is 6.29. The molecule has 0 N–H and O–H groups in total. The van der Waals surface area contributed by atoms with E-state index in [-0.39, 0.29) is 0 Å². The third-order valence-corrected chi connectivity index (χ3v) is 2.84. The lowest BCUT2D eigenvalue weighted by Crippen LogP contribution is -2.05. The van der Waals surface area contributed by atoms with Crippen LogP contribution in [0.5, 0.6) is 5.75 Å². The van der Waals surface area contributed by atoms with Crippen LogP contribution in [0.3, 0.4) is 0 Å². The number of nitrogens with zero attached hydrogens (tertiary/aromatic N) is 1. The van der Waals surface area contributed by atoms with Crippen LogP contribution in [0.25, 0.3) is 11.3 Å². The summed E-state index contributed by atoms with van der Waals surface area (Å²) >= 11 is 5.91. The predicted molar refractivity (Wildman–Crippen MR) is 72.6 cm³/mol. The molecular weight excluding hydrogens is 266 g/mol. The van der Waals surface area contributed by atoms with Gasteiger partial charge in [0.2, 0.25) is 0 Å². The number of pyridine rings is 1. The molecule has 0 bridgehead atoms. The van der Waals surface area contributed by atoms with E-state index in [1.54, 1.807) is 25.3 Å². The van der Waals surface area contributed by atoms with Gasteiger partial charge < -0.3 is 9.47 Å². The van der Waals surface area contributed by atoms with Gasteiger partial charge in [-0.05, 0) is 24.3 Å². The zero-order chi connectivity index (χ0) is 13.8. The smallest absolute Gasteiger partial charge is 0.340 e. The Morgan fingerprint density at radius 2 is 1.89 bits per heavy atom. The van der Waals surface area contributed by atoms with Crippen molar-refractivity contribution in [3.63, 3.8) is 0 Å². The number of hydrogen-bond donors (Lipinski definition) is 0. The number of halogens is 1. The van der Waals surface area contributed by atoms with Crippen molar-refractivity contribution in [3.05, 3.63) is 47.1 Å². The number of carbonyl (C=O) groups is 1. The number of carbonyl (C=O) groups excluding carboxylic acids is 1. The van der Waals surface area contributed by atoms with Gasteiger partial charge >= 0.3 is 5.97 Å². The molecule has 0 spiro atoms. The first-order chi connectivity index (χ1) is 9.17. The molecule has 1 aromatic heterocycles. The zero-order valence-corrected chi connectivity index (χ0v) is 11.3. The van der Waals surface area contributed by atoms with E-state index in [2.05, 4.69) is 4.98 Å². The van der Waals surface area contributed by atoms with E-state index in [4.69, 9.17) is 21.1 Å². The Hall–Kier alpha value is -2.07. The molecule has 5 heteroatoms. The zero-order valence-electron chi connectivity index (χ0n) is 10.5. The van der Waals surface area contributed by atoms with Crippen LogP contribution in [0, 0.1) is 0 Å². The molecule has 98 valence electrons. The summed E-state index contributed by atoms with van der Waals surface area (Å²) in [5.41, 5.74) is 1.47. The Bertz CT molecular complexity index is 613. The van der Waals surface area contributed by atoms with Gasteiger partial charge in [-0.25, -0.2) is 9.78 Å². The van der Waals surface area contributed by atoms with Gasteiger partial charge in [0, 0.05) is 5.56 Å². The van der Waals surface area contributed by atoms with E-state index in [0.717, 1.165) is 0 Å². The second-order valence-corrected chi connectivity index (χ2v) is 4.11. The number of esters is 1. The van der Waals surface area contributed by atoms with Gasteiger partial charge in [0.15, 0.2) is 0 Å². The van der Waals surface area contributed by atoms with Gasteiger partial charge in [-0.2, -0.15) is 0 Å². The number of benzene rings is 1. The lowest BCUT2D eigenvalue weighted by Gasteiger charge is -2.11. The van der Waals surface area contributed by atoms with Crippen LogP contribution >= 0.6 is 11.6 Å². The fraction of sp³-hybridized carbons (Fsp3) is 0.143. The van der Waals surface area contributed by atoms with E-state index >= 15 is 0 Å². The summed E-state index contributed by atoms with van der Waals surface area (Å²) in [6.45, 7) is 0. The first-order valence-corrected chi connectivity index (χ1v) is 5.93. The van der Waals surface area contributed by atoms with Crippen molar-refractivity contribution in [2.24, 2.45) is 0 Å². The maximum atomic E-state index is 11.8.